The summed E-state index contributed by atoms with van der Waals surface area (Å²) >= 11 is 0. The van der Waals surface area contributed by atoms with Crippen LogP contribution in [0.15, 0.2) is 127 Å². The van der Waals surface area contributed by atoms with Crippen molar-refractivity contribution in [1.29, 1.82) is 0 Å². The van der Waals surface area contributed by atoms with Crippen LogP contribution in [0.5, 0.6) is 0 Å². The quantitative estimate of drug-likeness (QED) is 0.166. The van der Waals surface area contributed by atoms with E-state index in [1.165, 1.54) is 83.5 Å². The van der Waals surface area contributed by atoms with Crippen LogP contribution >= 0.6 is 0 Å². The molecule has 51 heavy (non-hydrogen) atoms. The van der Waals surface area contributed by atoms with Crippen LogP contribution in [0.4, 0.5) is 17.1 Å². The molecule has 1 saturated heterocycles. The molecule has 0 N–H and O–H groups in total. The highest BCUT2D eigenvalue weighted by Crippen LogP contribution is 2.35. The van der Waals surface area contributed by atoms with Crippen molar-refractivity contribution in [3.8, 4) is 0 Å². The molecule has 0 bridgehead atoms. The van der Waals surface area contributed by atoms with E-state index in [1.54, 1.807) is 0 Å². The van der Waals surface area contributed by atoms with Crippen molar-refractivity contribution in [1.82, 2.24) is 0 Å². The Labute approximate surface area is 307 Å². The van der Waals surface area contributed by atoms with Gasteiger partial charge in [0.05, 0.1) is 0 Å². The van der Waals surface area contributed by atoms with Crippen molar-refractivity contribution in [3.05, 3.63) is 177 Å². The van der Waals surface area contributed by atoms with E-state index in [1.807, 2.05) is 0 Å². The van der Waals surface area contributed by atoms with Crippen LogP contribution in [0, 0.1) is 62.3 Å². The molecular weight excluding hydrogens is 615 g/mol. The third kappa shape index (κ3) is 6.26. The number of para-hydroxylation sites is 3. The standard InChI is InChI=1S/C45H48B3N3/c1-31-25-34(4)43(35(5)26-31)46-49(40-19-13-10-14-20-40)47(44-36(6)27-32(2)28-37(44)7)51(42-23-17-12-18-24-42)48(50(46)41-21-15-11-16-22-41)45-38(8)29-33(3)30-39(45)9/h10-30H,1-9H3. The Morgan fingerprint density at radius 1 is 0.294 bits per heavy atom. The summed E-state index contributed by atoms with van der Waals surface area (Å²) in [7, 11) is 0. The number of benzene rings is 6. The van der Waals surface area contributed by atoms with Crippen LogP contribution in [0.25, 0.3) is 0 Å². The van der Waals surface area contributed by atoms with E-state index >= 15 is 0 Å². The molecule has 0 saturated carbocycles. The van der Waals surface area contributed by atoms with E-state index in [0.29, 0.717) is 0 Å². The van der Waals surface area contributed by atoms with Crippen LogP contribution in [0.2, 0.25) is 0 Å². The van der Waals surface area contributed by atoms with E-state index in [4.69, 9.17) is 0 Å². The number of hydrogen-bond donors (Lipinski definition) is 0. The minimum Gasteiger partial charge on any atom is -0.416 e. The van der Waals surface area contributed by atoms with Crippen molar-refractivity contribution >= 4 is 54.4 Å². The molecule has 0 amide bonds. The zero-order valence-corrected chi connectivity index (χ0v) is 31.7. The highest BCUT2D eigenvalue weighted by molar-refractivity contribution is 7.15. The monoisotopic (exact) mass is 663 g/mol. The normalized spacial score (nSPS) is 13.4. The van der Waals surface area contributed by atoms with Gasteiger partial charge in [0.1, 0.15) is 0 Å². The van der Waals surface area contributed by atoms with Crippen LogP contribution < -0.4 is 30.6 Å². The highest BCUT2D eigenvalue weighted by Gasteiger charge is 2.57. The molecular formula is C45H48B3N3. The number of hydrogen-bond acceptors (Lipinski definition) is 3. The minimum absolute atomic E-state index is 0.148. The Kier molecular flexibility index (Phi) is 9.37. The molecule has 3 nitrogen and oxygen atoms in total. The molecule has 7 rings (SSSR count). The lowest BCUT2D eigenvalue weighted by molar-refractivity contribution is 1.25. The summed E-state index contributed by atoms with van der Waals surface area (Å²) in [5.74, 6) is 0. The van der Waals surface area contributed by atoms with Gasteiger partial charge in [-0.1, -0.05) is 141 Å². The smallest absolute Gasteiger partial charge is 0.389 e. The SMILES string of the molecule is Cc1cc(C)c(B2N(c3ccccc3)B(c3c(C)cc(C)cc3C)N(c3ccccc3)B(c3c(C)cc(C)cc3C)N2c2ccccc2)c(C)c1. The van der Waals surface area contributed by atoms with Crippen LogP contribution in [0.3, 0.4) is 0 Å². The zero-order valence-electron chi connectivity index (χ0n) is 31.7. The summed E-state index contributed by atoms with van der Waals surface area (Å²) in [5, 5.41) is 0. The lowest BCUT2D eigenvalue weighted by Gasteiger charge is -2.58. The molecule has 6 aromatic carbocycles. The van der Waals surface area contributed by atoms with E-state index in [2.05, 4.69) is 204 Å². The first-order chi connectivity index (χ1) is 24.5. The molecule has 0 atom stereocenters. The van der Waals surface area contributed by atoms with Gasteiger partial charge in [0.25, 0.3) is 0 Å². The van der Waals surface area contributed by atoms with E-state index in [9.17, 15) is 0 Å². The number of aryl methyl sites for hydroxylation is 9. The van der Waals surface area contributed by atoms with Crippen LogP contribution in [-0.2, 0) is 0 Å². The van der Waals surface area contributed by atoms with Crippen molar-refractivity contribution in [2.24, 2.45) is 0 Å². The van der Waals surface area contributed by atoms with Crippen molar-refractivity contribution in [3.63, 3.8) is 0 Å². The predicted molar refractivity (Wildman–Crippen MR) is 225 cm³/mol. The van der Waals surface area contributed by atoms with Crippen molar-refractivity contribution < 1.29 is 0 Å². The Balaban J connectivity index is 1.71. The highest BCUT2D eigenvalue weighted by atomic mass is 15.3. The molecule has 6 heteroatoms. The lowest BCUT2D eigenvalue weighted by Crippen LogP contribution is -2.87. The average Bonchev–Trinajstić information content (AvgIpc) is 3.08. The molecule has 0 unspecified atom stereocenters. The van der Waals surface area contributed by atoms with Crippen molar-refractivity contribution in [2.45, 2.75) is 62.3 Å². The van der Waals surface area contributed by atoms with Gasteiger partial charge in [-0.15, -0.1) is 0 Å². The average molecular weight is 663 g/mol. The predicted octanol–water partition coefficient (Wildman–Crippen LogP) is 8.48. The summed E-state index contributed by atoms with van der Waals surface area (Å²) in [6.07, 6.45) is 0. The number of nitrogens with zero attached hydrogens (tertiary/aromatic N) is 3. The summed E-state index contributed by atoms with van der Waals surface area (Å²) in [6.45, 7) is 20.0. The van der Waals surface area contributed by atoms with Gasteiger partial charge < -0.3 is 14.2 Å². The van der Waals surface area contributed by atoms with Gasteiger partial charge in [0, 0.05) is 17.1 Å². The van der Waals surface area contributed by atoms with Crippen LogP contribution in [0.1, 0.15) is 50.1 Å². The molecule has 0 radical (unpaired) electrons. The van der Waals surface area contributed by atoms with Gasteiger partial charge in [-0.05, 0) is 115 Å². The molecule has 0 aliphatic carbocycles. The Morgan fingerprint density at radius 3 is 0.686 bits per heavy atom. The topological polar surface area (TPSA) is 9.72 Å². The minimum atomic E-state index is -0.148. The van der Waals surface area contributed by atoms with Gasteiger partial charge in [-0.2, -0.15) is 0 Å². The van der Waals surface area contributed by atoms with Gasteiger partial charge in [0.2, 0.25) is 0 Å². The summed E-state index contributed by atoms with van der Waals surface area (Å²) in [4.78, 5) is 0. The first kappa shape index (κ1) is 34.4. The van der Waals surface area contributed by atoms with E-state index in [-0.39, 0.29) is 20.9 Å². The van der Waals surface area contributed by atoms with Crippen LogP contribution in [-0.4, -0.2) is 20.9 Å². The second kappa shape index (κ2) is 13.9. The maximum atomic E-state index is 2.71. The number of rotatable bonds is 6. The molecule has 1 aliphatic rings. The fraction of sp³-hybridized carbons (Fsp3) is 0.200. The molecule has 0 spiro atoms. The van der Waals surface area contributed by atoms with E-state index < -0.39 is 0 Å². The fourth-order valence-corrected chi connectivity index (χ4v) is 9.08. The van der Waals surface area contributed by atoms with E-state index in [0.717, 1.165) is 0 Å². The van der Waals surface area contributed by atoms with Gasteiger partial charge in [-0.3, -0.25) is 0 Å². The van der Waals surface area contributed by atoms with Gasteiger partial charge in [0.15, 0.2) is 0 Å². The molecule has 1 heterocycles. The molecule has 252 valence electrons. The van der Waals surface area contributed by atoms with Gasteiger partial charge in [-0.25, -0.2) is 0 Å². The maximum absolute atomic E-state index is 2.71. The summed E-state index contributed by atoms with van der Waals surface area (Å²) < 4.78 is 8.14. The first-order valence-electron chi connectivity index (χ1n) is 18.3. The van der Waals surface area contributed by atoms with Gasteiger partial charge >= 0.3 is 20.9 Å². The second-order valence-electron chi connectivity index (χ2n) is 14.8. The number of anilines is 3. The maximum Gasteiger partial charge on any atom is 0.389 e. The Hall–Kier alpha value is -5.09. The molecule has 0 aromatic heterocycles. The summed E-state index contributed by atoms with van der Waals surface area (Å²) in [5.41, 5.74) is 19.3. The molecule has 1 aliphatic heterocycles. The second-order valence-corrected chi connectivity index (χ2v) is 14.8. The Bertz CT molecular complexity index is 1860. The lowest BCUT2D eigenvalue weighted by atomic mass is 9.35. The third-order valence-corrected chi connectivity index (χ3v) is 10.7. The summed E-state index contributed by atoms with van der Waals surface area (Å²) in [6, 6.07) is 47.5. The molecule has 6 aromatic rings. The molecule has 1 fully saturated rings. The van der Waals surface area contributed by atoms with Crippen molar-refractivity contribution in [2.75, 3.05) is 14.2 Å². The zero-order chi connectivity index (χ0) is 36.0. The fourth-order valence-electron chi connectivity index (χ4n) is 9.08. The third-order valence-electron chi connectivity index (χ3n) is 10.7. The Morgan fingerprint density at radius 2 is 0.490 bits per heavy atom. The largest absolute Gasteiger partial charge is 0.416 e. The first-order valence-corrected chi connectivity index (χ1v) is 18.3.